The average molecular weight is 700 g/mol. The van der Waals surface area contributed by atoms with E-state index in [0.29, 0.717) is 43.8 Å². The van der Waals surface area contributed by atoms with E-state index >= 15 is 0 Å². The first-order chi connectivity index (χ1) is 24.6. The molecule has 0 bridgehead atoms. The number of aromatic nitrogens is 2. The number of carboxylic acids is 1. The number of nitrogen functional groups attached to an aromatic ring is 1. The molecule has 0 radical (unpaired) electrons. The molecule has 2 aliphatic rings. The van der Waals surface area contributed by atoms with E-state index in [1.807, 2.05) is 36.5 Å². The lowest BCUT2D eigenvalue weighted by Crippen LogP contribution is -2.37. The van der Waals surface area contributed by atoms with Gasteiger partial charge in [0.2, 0.25) is 0 Å². The second-order valence-corrected chi connectivity index (χ2v) is 15.7. The summed E-state index contributed by atoms with van der Waals surface area (Å²) in [4.78, 5) is 19.9. The quantitative estimate of drug-likeness (QED) is 0.0514. The fourth-order valence-corrected chi connectivity index (χ4v) is 8.83. The Morgan fingerprint density at radius 1 is 0.980 bits per heavy atom. The van der Waals surface area contributed by atoms with Crippen LogP contribution in [-0.4, -0.2) is 54.2 Å². The van der Waals surface area contributed by atoms with E-state index in [0.717, 1.165) is 67.3 Å². The first kappa shape index (κ1) is 38.8. The lowest BCUT2D eigenvalue weighted by molar-refractivity contribution is -0.146. The number of allylic oxidation sites excluding steroid dienone is 1. The van der Waals surface area contributed by atoms with E-state index in [9.17, 15) is 25.2 Å². The zero-order valence-electron chi connectivity index (χ0n) is 30.5. The zero-order chi connectivity index (χ0) is 36.2. The molecule has 8 unspecified atom stereocenters. The number of aliphatic carboxylic acids is 1. The fraction of sp³-hybridized carbons (Fsp3) is 0.581. The number of rotatable bonds is 20. The molecule has 278 valence electrons. The van der Waals surface area contributed by atoms with Gasteiger partial charge in [0, 0.05) is 24.0 Å². The Labute approximate surface area is 304 Å². The summed E-state index contributed by atoms with van der Waals surface area (Å²) in [5.41, 5.74) is 9.31. The number of anilines is 1. The van der Waals surface area contributed by atoms with E-state index in [1.165, 1.54) is 19.3 Å². The van der Waals surface area contributed by atoms with Crippen molar-refractivity contribution in [3.63, 3.8) is 0 Å². The van der Waals surface area contributed by atoms with Gasteiger partial charge in [-0.05, 0) is 117 Å². The minimum atomic E-state index is -1.03. The van der Waals surface area contributed by atoms with Crippen LogP contribution in [0.4, 0.5) is 5.82 Å². The van der Waals surface area contributed by atoms with Crippen LogP contribution >= 0.6 is 0 Å². The normalized spacial score (nSPS) is 25.9. The lowest BCUT2D eigenvalue weighted by atomic mass is 9.80. The number of carboxylic acid groups (broad SMARTS) is 1. The maximum atomic E-state index is 12.3. The van der Waals surface area contributed by atoms with Crippen LogP contribution in [0, 0.1) is 29.6 Å². The number of nitrogens with two attached hydrogens (primary N) is 1. The van der Waals surface area contributed by atoms with Crippen molar-refractivity contribution in [1.82, 2.24) is 9.97 Å². The number of nitrogens with one attached hydrogen (secondary N) is 1. The van der Waals surface area contributed by atoms with Gasteiger partial charge in [0.1, 0.15) is 5.82 Å². The Bertz CT molecular complexity index is 1520. The summed E-state index contributed by atoms with van der Waals surface area (Å²) in [6, 6.07) is 16.2. The Morgan fingerprint density at radius 2 is 1.78 bits per heavy atom. The molecule has 2 heterocycles. The van der Waals surface area contributed by atoms with E-state index < -0.39 is 23.6 Å². The number of pyridine rings is 1. The third-order valence-electron chi connectivity index (χ3n) is 11.8. The van der Waals surface area contributed by atoms with Gasteiger partial charge in [-0.3, -0.25) is 4.79 Å². The van der Waals surface area contributed by atoms with Crippen LogP contribution in [0.15, 0.2) is 73.1 Å². The Balaban J connectivity index is 1.14. The molecule has 5 rings (SSSR count). The van der Waals surface area contributed by atoms with E-state index in [2.05, 4.69) is 47.2 Å². The summed E-state index contributed by atoms with van der Waals surface area (Å²) in [6.45, 7) is 2.21. The van der Waals surface area contributed by atoms with Crippen molar-refractivity contribution in [3.05, 3.63) is 84.3 Å². The number of hydrogen-bond donors (Lipinski definition) is 6. The van der Waals surface area contributed by atoms with Crippen LogP contribution < -0.4 is 5.73 Å². The molecule has 3 aromatic rings. The number of aromatic amines is 1. The van der Waals surface area contributed by atoms with Gasteiger partial charge in [-0.25, -0.2) is 4.98 Å². The molecule has 1 saturated carbocycles. The summed E-state index contributed by atoms with van der Waals surface area (Å²) in [5.74, 6) is -0.544. The van der Waals surface area contributed by atoms with Gasteiger partial charge in [0.25, 0.3) is 0 Å². The van der Waals surface area contributed by atoms with E-state index in [-0.39, 0.29) is 30.3 Å². The number of unbranched alkanes of at least 4 members (excludes halogenated alkanes) is 4. The summed E-state index contributed by atoms with van der Waals surface area (Å²) < 4.78 is 0. The predicted octanol–water partition coefficient (Wildman–Crippen LogP) is 8.13. The minimum Gasteiger partial charge on any atom is -0.481 e. The minimum absolute atomic E-state index is 0.0461. The highest BCUT2D eigenvalue weighted by atomic mass is 16.4. The molecule has 1 aromatic carbocycles. The van der Waals surface area contributed by atoms with Gasteiger partial charge in [0.15, 0.2) is 0 Å². The first-order valence-corrected chi connectivity index (χ1v) is 19.6. The third-order valence-corrected chi connectivity index (χ3v) is 11.8. The SMILES string of the molecule is CCCCCC1C=CC(CCCCCC(C(=O)O)C(O)CCC2(O)CC(Cc3ccnc(N)c3)CC2Cc2cc(-c3ccccc3)c[nH]2)C(O)C1. The standard InChI is InChI=1S/C43H61N3O5/c1-2-3-6-11-30-16-17-34(40(48)24-30)14-9-5-10-15-38(42(49)50)39(47)18-20-43(51)28-32(22-31-19-21-45-41(44)25-31)23-36(43)27-37-26-35(29-46-37)33-12-7-4-8-13-33/h4,7-8,12-13,16-17,19,21,25-26,29-30,32,34,36,38-40,46-48,51H,2-3,5-6,9-11,14-15,18,20,22-24,27-28H2,1H3,(H2,44,45)(H,49,50). The molecule has 0 spiro atoms. The van der Waals surface area contributed by atoms with Crippen molar-refractivity contribution in [2.45, 2.75) is 127 Å². The number of hydrogen-bond acceptors (Lipinski definition) is 6. The smallest absolute Gasteiger partial charge is 0.309 e. The summed E-state index contributed by atoms with van der Waals surface area (Å²) in [5, 5.41) is 44.3. The van der Waals surface area contributed by atoms with Crippen LogP contribution in [0.2, 0.25) is 0 Å². The van der Waals surface area contributed by atoms with Crippen LogP contribution in [0.3, 0.4) is 0 Å². The maximum absolute atomic E-state index is 12.3. The molecule has 0 saturated heterocycles. The number of H-pyrrole nitrogens is 1. The van der Waals surface area contributed by atoms with Crippen LogP contribution in [0.1, 0.15) is 108 Å². The van der Waals surface area contributed by atoms with Crippen LogP contribution in [0.5, 0.6) is 0 Å². The second-order valence-electron chi connectivity index (χ2n) is 15.7. The maximum Gasteiger partial charge on any atom is 0.309 e. The molecule has 0 amide bonds. The van der Waals surface area contributed by atoms with Crippen molar-refractivity contribution in [3.8, 4) is 11.1 Å². The number of aliphatic hydroxyl groups is 3. The monoisotopic (exact) mass is 699 g/mol. The number of benzene rings is 1. The molecule has 2 aliphatic carbocycles. The topological polar surface area (TPSA) is 153 Å². The summed E-state index contributed by atoms with van der Waals surface area (Å²) in [6.07, 6.45) is 19.8. The molecule has 8 nitrogen and oxygen atoms in total. The second kappa shape index (κ2) is 18.9. The van der Waals surface area contributed by atoms with Crippen molar-refractivity contribution < 1.29 is 25.2 Å². The molecule has 1 fully saturated rings. The molecular weight excluding hydrogens is 638 g/mol. The third kappa shape index (κ3) is 11.3. The molecule has 2 aromatic heterocycles. The average Bonchev–Trinajstić information content (AvgIpc) is 3.70. The van der Waals surface area contributed by atoms with Crippen molar-refractivity contribution >= 4 is 11.8 Å². The first-order valence-electron chi connectivity index (χ1n) is 19.6. The lowest BCUT2D eigenvalue weighted by Gasteiger charge is -2.32. The number of aliphatic hydroxyl groups excluding tert-OH is 2. The van der Waals surface area contributed by atoms with Gasteiger partial charge in [-0.1, -0.05) is 87.9 Å². The van der Waals surface area contributed by atoms with Gasteiger partial charge < -0.3 is 31.1 Å². The van der Waals surface area contributed by atoms with Crippen molar-refractivity contribution in [2.24, 2.45) is 29.6 Å². The number of nitrogens with zero attached hydrogens (tertiary/aromatic N) is 1. The zero-order valence-corrected chi connectivity index (χ0v) is 30.5. The highest BCUT2D eigenvalue weighted by Gasteiger charge is 2.46. The number of carbonyl (C=O) groups is 1. The largest absolute Gasteiger partial charge is 0.481 e. The Kier molecular flexibility index (Phi) is 14.3. The molecule has 8 heteroatoms. The van der Waals surface area contributed by atoms with Crippen molar-refractivity contribution in [2.75, 3.05) is 5.73 Å². The Morgan fingerprint density at radius 3 is 2.53 bits per heavy atom. The molecule has 0 aliphatic heterocycles. The van der Waals surface area contributed by atoms with Gasteiger partial charge >= 0.3 is 5.97 Å². The highest BCUT2D eigenvalue weighted by molar-refractivity contribution is 5.70. The highest BCUT2D eigenvalue weighted by Crippen LogP contribution is 2.46. The van der Waals surface area contributed by atoms with E-state index in [4.69, 9.17) is 5.73 Å². The molecule has 8 atom stereocenters. The van der Waals surface area contributed by atoms with Gasteiger partial charge in [-0.15, -0.1) is 0 Å². The summed E-state index contributed by atoms with van der Waals surface area (Å²) in [7, 11) is 0. The molecular formula is C43H61N3O5. The van der Waals surface area contributed by atoms with Crippen LogP contribution in [0.25, 0.3) is 11.1 Å². The Hall–Kier alpha value is -3.46. The van der Waals surface area contributed by atoms with E-state index in [1.54, 1.807) is 6.20 Å². The molecule has 51 heavy (non-hydrogen) atoms. The van der Waals surface area contributed by atoms with Crippen LogP contribution in [-0.2, 0) is 17.6 Å². The molecule has 7 N–H and O–H groups in total. The predicted molar refractivity (Wildman–Crippen MR) is 204 cm³/mol. The van der Waals surface area contributed by atoms with Crippen molar-refractivity contribution in [1.29, 1.82) is 0 Å². The van der Waals surface area contributed by atoms with Gasteiger partial charge in [0.05, 0.1) is 23.7 Å². The van der Waals surface area contributed by atoms with Gasteiger partial charge in [-0.2, -0.15) is 0 Å². The fourth-order valence-electron chi connectivity index (χ4n) is 8.83. The summed E-state index contributed by atoms with van der Waals surface area (Å²) >= 11 is 0.